The number of rotatable bonds is 6. The quantitative estimate of drug-likeness (QED) is 0.862. The molecule has 2 nitrogen and oxygen atoms in total. The zero-order valence-electron chi connectivity index (χ0n) is 11.6. The molecule has 1 aromatic carbocycles. The fourth-order valence-corrected chi connectivity index (χ4v) is 3.16. The molecule has 1 fully saturated rings. The first-order valence-corrected chi connectivity index (χ1v) is 7.75. The molecule has 2 rings (SSSR count). The van der Waals surface area contributed by atoms with Crippen LogP contribution in [0.1, 0.15) is 38.3 Å². The van der Waals surface area contributed by atoms with Gasteiger partial charge in [0.2, 0.25) is 0 Å². The Labute approximate surface area is 123 Å². The standard InChI is InChI=1S/C15H22BrFN2/c1-10(2)15(19(9-8-18)11-6-7-11)12-4-3-5-13(16)14(12)17/h3-5,10-11,15H,6-9,18H2,1-2H3. The predicted molar refractivity (Wildman–Crippen MR) is 80.5 cm³/mol. The van der Waals surface area contributed by atoms with Crippen LogP contribution in [0.4, 0.5) is 4.39 Å². The molecule has 1 saturated carbocycles. The second-order valence-electron chi connectivity index (χ2n) is 5.59. The van der Waals surface area contributed by atoms with Crippen LogP contribution in [0.25, 0.3) is 0 Å². The molecule has 0 aromatic heterocycles. The molecule has 0 saturated heterocycles. The lowest BCUT2D eigenvalue weighted by Crippen LogP contribution is -2.38. The number of nitrogens with zero attached hydrogens (tertiary/aromatic N) is 1. The zero-order valence-corrected chi connectivity index (χ0v) is 13.2. The summed E-state index contributed by atoms with van der Waals surface area (Å²) in [5.74, 6) is 0.222. The van der Waals surface area contributed by atoms with E-state index in [2.05, 4.69) is 34.7 Å². The molecule has 0 aliphatic heterocycles. The van der Waals surface area contributed by atoms with Gasteiger partial charge in [-0.05, 0) is 40.8 Å². The van der Waals surface area contributed by atoms with E-state index in [9.17, 15) is 4.39 Å². The number of hydrogen-bond donors (Lipinski definition) is 1. The van der Waals surface area contributed by atoms with Gasteiger partial charge in [-0.15, -0.1) is 0 Å². The first kappa shape index (κ1) is 14.9. The first-order valence-electron chi connectivity index (χ1n) is 6.96. The van der Waals surface area contributed by atoms with Crippen LogP contribution >= 0.6 is 15.9 Å². The second kappa shape index (κ2) is 6.33. The second-order valence-corrected chi connectivity index (χ2v) is 6.44. The summed E-state index contributed by atoms with van der Waals surface area (Å²) in [4.78, 5) is 2.38. The van der Waals surface area contributed by atoms with E-state index in [4.69, 9.17) is 5.73 Å². The van der Waals surface area contributed by atoms with E-state index in [-0.39, 0.29) is 11.9 Å². The summed E-state index contributed by atoms with van der Waals surface area (Å²) in [6.45, 7) is 5.75. The van der Waals surface area contributed by atoms with Crippen molar-refractivity contribution in [1.82, 2.24) is 4.90 Å². The van der Waals surface area contributed by atoms with Crippen LogP contribution in [0.3, 0.4) is 0 Å². The molecule has 0 heterocycles. The predicted octanol–water partition coefficient (Wildman–Crippen LogP) is 3.71. The first-order chi connectivity index (χ1) is 9.06. The Kier molecular flexibility index (Phi) is 4.98. The third-order valence-electron chi connectivity index (χ3n) is 3.69. The molecule has 1 aliphatic rings. The Morgan fingerprint density at radius 2 is 2.11 bits per heavy atom. The van der Waals surface area contributed by atoms with E-state index in [1.807, 2.05) is 12.1 Å². The highest BCUT2D eigenvalue weighted by Gasteiger charge is 2.36. The minimum Gasteiger partial charge on any atom is -0.329 e. The van der Waals surface area contributed by atoms with Gasteiger partial charge in [-0.3, -0.25) is 4.90 Å². The Morgan fingerprint density at radius 3 is 2.63 bits per heavy atom. The van der Waals surface area contributed by atoms with E-state index < -0.39 is 0 Å². The van der Waals surface area contributed by atoms with Crippen molar-refractivity contribution in [3.8, 4) is 0 Å². The molecule has 0 radical (unpaired) electrons. The van der Waals surface area contributed by atoms with Crippen LogP contribution < -0.4 is 5.73 Å². The molecule has 1 aliphatic carbocycles. The summed E-state index contributed by atoms with van der Waals surface area (Å²) < 4.78 is 14.9. The van der Waals surface area contributed by atoms with E-state index in [0.717, 1.165) is 12.1 Å². The average molecular weight is 329 g/mol. The number of hydrogen-bond acceptors (Lipinski definition) is 2. The van der Waals surface area contributed by atoms with Crippen LogP contribution in [0.5, 0.6) is 0 Å². The van der Waals surface area contributed by atoms with Crippen molar-refractivity contribution in [3.63, 3.8) is 0 Å². The molecule has 1 aromatic rings. The lowest BCUT2D eigenvalue weighted by Gasteiger charge is -2.35. The normalized spacial score (nSPS) is 17.2. The molecule has 1 atom stereocenters. The molecule has 0 spiro atoms. The maximum atomic E-state index is 14.4. The molecule has 1 unspecified atom stereocenters. The maximum absolute atomic E-state index is 14.4. The fraction of sp³-hybridized carbons (Fsp3) is 0.600. The summed E-state index contributed by atoms with van der Waals surface area (Å²) in [6, 6.07) is 6.24. The minimum absolute atomic E-state index is 0.105. The van der Waals surface area contributed by atoms with Gasteiger partial charge >= 0.3 is 0 Å². The Bertz CT molecular complexity index is 432. The highest BCUT2D eigenvalue weighted by molar-refractivity contribution is 9.10. The van der Waals surface area contributed by atoms with Gasteiger partial charge in [-0.2, -0.15) is 0 Å². The van der Waals surface area contributed by atoms with Gasteiger partial charge in [0, 0.05) is 30.7 Å². The molecule has 106 valence electrons. The maximum Gasteiger partial charge on any atom is 0.142 e. The lowest BCUT2D eigenvalue weighted by molar-refractivity contribution is 0.146. The van der Waals surface area contributed by atoms with E-state index in [1.54, 1.807) is 6.07 Å². The number of nitrogens with two attached hydrogens (primary N) is 1. The molecular formula is C15H22BrFN2. The topological polar surface area (TPSA) is 29.3 Å². The highest BCUT2D eigenvalue weighted by atomic mass is 79.9. The van der Waals surface area contributed by atoms with Crippen molar-refractivity contribution < 1.29 is 4.39 Å². The van der Waals surface area contributed by atoms with E-state index in [1.165, 1.54) is 12.8 Å². The molecule has 0 amide bonds. The summed E-state index contributed by atoms with van der Waals surface area (Å²) in [7, 11) is 0. The van der Waals surface area contributed by atoms with Crippen molar-refractivity contribution in [2.24, 2.45) is 11.7 Å². The van der Waals surface area contributed by atoms with Crippen LogP contribution in [-0.2, 0) is 0 Å². The van der Waals surface area contributed by atoms with Gasteiger partial charge in [0.25, 0.3) is 0 Å². The van der Waals surface area contributed by atoms with Crippen LogP contribution in [0.2, 0.25) is 0 Å². The van der Waals surface area contributed by atoms with Gasteiger partial charge in [0.15, 0.2) is 0 Å². The molecular weight excluding hydrogens is 307 g/mol. The van der Waals surface area contributed by atoms with Gasteiger partial charge in [-0.25, -0.2) is 4.39 Å². The largest absolute Gasteiger partial charge is 0.329 e. The molecule has 4 heteroatoms. The molecule has 2 N–H and O–H groups in total. The minimum atomic E-state index is -0.135. The Hall–Kier alpha value is -0.450. The summed E-state index contributed by atoms with van der Waals surface area (Å²) in [5.41, 5.74) is 6.52. The summed E-state index contributed by atoms with van der Waals surface area (Å²) in [5, 5.41) is 0. The van der Waals surface area contributed by atoms with Gasteiger partial charge in [-0.1, -0.05) is 26.0 Å². The third-order valence-corrected chi connectivity index (χ3v) is 4.30. The fourth-order valence-electron chi connectivity index (χ4n) is 2.77. The zero-order chi connectivity index (χ0) is 14.0. The van der Waals surface area contributed by atoms with Crippen LogP contribution in [-0.4, -0.2) is 24.0 Å². The third kappa shape index (κ3) is 3.36. The van der Waals surface area contributed by atoms with Crippen molar-refractivity contribution in [3.05, 3.63) is 34.1 Å². The van der Waals surface area contributed by atoms with Crippen LogP contribution in [0, 0.1) is 11.7 Å². The summed E-state index contributed by atoms with van der Waals surface area (Å²) in [6.07, 6.45) is 2.41. The highest BCUT2D eigenvalue weighted by Crippen LogP contribution is 2.39. The Morgan fingerprint density at radius 1 is 1.42 bits per heavy atom. The van der Waals surface area contributed by atoms with Crippen molar-refractivity contribution >= 4 is 15.9 Å². The number of halogens is 2. The van der Waals surface area contributed by atoms with Crippen molar-refractivity contribution in [2.45, 2.75) is 38.8 Å². The van der Waals surface area contributed by atoms with Crippen molar-refractivity contribution in [2.75, 3.05) is 13.1 Å². The Balaban J connectivity index is 2.35. The molecule has 19 heavy (non-hydrogen) atoms. The van der Waals surface area contributed by atoms with Gasteiger partial charge < -0.3 is 5.73 Å². The monoisotopic (exact) mass is 328 g/mol. The van der Waals surface area contributed by atoms with Gasteiger partial charge in [0.05, 0.1) is 4.47 Å². The van der Waals surface area contributed by atoms with E-state index in [0.29, 0.717) is 23.0 Å². The molecule has 0 bridgehead atoms. The van der Waals surface area contributed by atoms with Crippen molar-refractivity contribution in [1.29, 1.82) is 0 Å². The average Bonchev–Trinajstić information content (AvgIpc) is 3.17. The van der Waals surface area contributed by atoms with Crippen LogP contribution in [0.15, 0.2) is 22.7 Å². The van der Waals surface area contributed by atoms with Gasteiger partial charge in [0.1, 0.15) is 5.82 Å². The number of benzene rings is 1. The summed E-state index contributed by atoms with van der Waals surface area (Å²) >= 11 is 3.29. The van der Waals surface area contributed by atoms with E-state index >= 15 is 0 Å². The smallest absolute Gasteiger partial charge is 0.142 e. The lowest BCUT2D eigenvalue weighted by atomic mass is 9.93. The SMILES string of the molecule is CC(C)C(c1cccc(Br)c1F)N(CCN)C1CC1.